The second-order valence-electron chi connectivity index (χ2n) is 5.88. The van der Waals surface area contributed by atoms with Crippen molar-refractivity contribution in [1.29, 1.82) is 5.26 Å². The summed E-state index contributed by atoms with van der Waals surface area (Å²) in [6.45, 7) is 2.18. The number of nitrogens with one attached hydrogen (secondary N) is 1. The van der Waals surface area contributed by atoms with Crippen molar-refractivity contribution in [3.63, 3.8) is 0 Å². The molecule has 1 saturated heterocycles. The van der Waals surface area contributed by atoms with Gasteiger partial charge in [0.25, 0.3) is 0 Å². The highest BCUT2D eigenvalue weighted by Crippen LogP contribution is 2.27. The molecule has 2 fully saturated rings. The predicted octanol–water partition coefficient (Wildman–Crippen LogP) is 0.643. The van der Waals surface area contributed by atoms with Gasteiger partial charge in [-0.25, -0.2) is 0 Å². The van der Waals surface area contributed by atoms with Crippen molar-refractivity contribution in [3.05, 3.63) is 0 Å². The molecular formula is C14H23N3O2. The van der Waals surface area contributed by atoms with Crippen LogP contribution >= 0.6 is 0 Å². The standard InChI is InChI=1S/C14H23N3O2/c15-11-14(5-2-1-3-6-14)16-13(19)9-17-7-4-12(8-17)10-18/h12,18H,1-10H2,(H,16,19). The number of nitrogens with zero attached hydrogens (tertiary/aromatic N) is 2. The monoisotopic (exact) mass is 265 g/mol. The van der Waals surface area contributed by atoms with Crippen molar-refractivity contribution in [2.24, 2.45) is 5.92 Å². The maximum absolute atomic E-state index is 12.1. The van der Waals surface area contributed by atoms with E-state index in [-0.39, 0.29) is 12.5 Å². The van der Waals surface area contributed by atoms with Gasteiger partial charge in [-0.05, 0) is 31.7 Å². The number of carbonyl (C=O) groups is 1. The van der Waals surface area contributed by atoms with E-state index in [2.05, 4.69) is 16.3 Å². The van der Waals surface area contributed by atoms with Crippen LogP contribution in [0, 0.1) is 17.2 Å². The van der Waals surface area contributed by atoms with Gasteiger partial charge in [0.2, 0.25) is 5.91 Å². The van der Waals surface area contributed by atoms with Crippen molar-refractivity contribution in [2.45, 2.75) is 44.1 Å². The molecule has 0 bridgehead atoms. The predicted molar refractivity (Wildman–Crippen MR) is 71.2 cm³/mol. The van der Waals surface area contributed by atoms with Gasteiger partial charge in [0.1, 0.15) is 5.54 Å². The summed E-state index contributed by atoms with van der Waals surface area (Å²) in [7, 11) is 0. The lowest BCUT2D eigenvalue weighted by Crippen LogP contribution is -2.51. The number of hydrogen-bond acceptors (Lipinski definition) is 4. The van der Waals surface area contributed by atoms with Crippen LogP contribution in [0.2, 0.25) is 0 Å². The van der Waals surface area contributed by atoms with E-state index in [0.29, 0.717) is 12.5 Å². The van der Waals surface area contributed by atoms with Gasteiger partial charge in [0, 0.05) is 13.2 Å². The van der Waals surface area contributed by atoms with Gasteiger partial charge in [0.05, 0.1) is 12.6 Å². The van der Waals surface area contributed by atoms with Gasteiger partial charge < -0.3 is 10.4 Å². The molecule has 1 heterocycles. The summed E-state index contributed by atoms with van der Waals surface area (Å²) in [5, 5.41) is 21.3. The van der Waals surface area contributed by atoms with Crippen molar-refractivity contribution < 1.29 is 9.90 Å². The SMILES string of the molecule is N#CC1(NC(=O)CN2CCC(CO)C2)CCCCC1. The summed E-state index contributed by atoms with van der Waals surface area (Å²) < 4.78 is 0. The molecule has 0 aromatic carbocycles. The molecule has 1 amide bonds. The van der Waals surface area contributed by atoms with Crippen LogP contribution in [0.3, 0.4) is 0 Å². The molecule has 1 unspecified atom stereocenters. The van der Waals surface area contributed by atoms with Crippen LogP contribution in [0.15, 0.2) is 0 Å². The van der Waals surface area contributed by atoms with Crippen LogP contribution in [-0.4, -0.2) is 47.7 Å². The van der Waals surface area contributed by atoms with Crippen LogP contribution in [0.1, 0.15) is 38.5 Å². The van der Waals surface area contributed by atoms with Crippen LogP contribution in [0.4, 0.5) is 0 Å². The third kappa shape index (κ3) is 3.68. The Bertz CT molecular complexity index is 358. The van der Waals surface area contributed by atoms with E-state index >= 15 is 0 Å². The number of amides is 1. The molecule has 0 aromatic heterocycles. The molecule has 1 aliphatic heterocycles. The number of carbonyl (C=O) groups excluding carboxylic acids is 1. The van der Waals surface area contributed by atoms with Gasteiger partial charge >= 0.3 is 0 Å². The number of aliphatic hydroxyl groups is 1. The van der Waals surface area contributed by atoms with E-state index in [4.69, 9.17) is 5.11 Å². The van der Waals surface area contributed by atoms with E-state index in [9.17, 15) is 10.1 Å². The highest BCUT2D eigenvalue weighted by molar-refractivity contribution is 5.79. The Morgan fingerprint density at radius 1 is 1.42 bits per heavy atom. The second kappa shape index (κ2) is 6.36. The number of aliphatic hydroxyl groups excluding tert-OH is 1. The molecule has 0 radical (unpaired) electrons. The fourth-order valence-electron chi connectivity index (χ4n) is 3.14. The first-order valence-electron chi connectivity index (χ1n) is 7.23. The summed E-state index contributed by atoms with van der Waals surface area (Å²) in [5.74, 6) is 0.245. The van der Waals surface area contributed by atoms with Gasteiger partial charge in [-0.1, -0.05) is 19.3 Å². The summed E-state index contributed by atoms with van der Waals surface area (Å²) in [6, 6.07) is 2.30. The highest BCUT2D eigenvalue weighted by atomic mass is 16.3. The fraction of sp³-hybridized carbons (Fsp3) is 0.857. The molecule has 5 heteroatoms. The largest absolute Gasteiger partial charge is 0.396 e. The van der Waals surface area contributed by atoms with Gasteiger partial charge in [-0.2, -0.15) is 5.26 Å². The van der Waals surface area contributed by atoms with Gasteiger partial charge in [0.15, 0.2) is 0 Å². The van der Waals surface area contributed by atoms with Crippen LogP contribution in [0.25, 0.3) is 0 Å². The van der Waals surface area contributed by atoms with E-state index in [0.717, 1.165) is 51.6 Å². The molecular weight excluding hydrogens is 242 g/mol. The topological polar surface area (TPSA) is 76.4 Å². The van der Waals surface area contributed by atoms with Crippen molar-refractivity contribution in [1.82, 2.24) is 10.2 Å². The maximum Gasteiger partial charge on any atom is 0.235 e. The summed E-state index contributed by atoms with van der Waals surface area (Å²) in [4.78, 5) is 14.1. The third-order valence-electron chi connectivity index (χ3n) is 4.30. The Hall–Kier alpha value is -1.12. The lowest BCUT2D eigenvalue weighted by molar-refractivity contribution is -0.123. The van der Waals surface area contributed by atoms with E-state index in [1.165, 1.54) is 0 Å². The minimum Gasteiger partial charge on any atom is -0.396 e. The Morgan fingerprint density at radius 3 is 2.74 bits per heavy atom. The molecule has 2 aliphatic rings. The number of nitriles is 1. The average Bonchev–Trinajstić information content (AvgIpc) is 2.87. The number of rotatable bonds is 4. The van der Waals surface area contributed by atoms with Crippen LogP contribution in [0.5, 0.6) is 0 Å². The molecule has 5 nitrogen and oxygen atoms in total. The zero-order chi connectivity index (χ0) is 13.7. The summed E-state index contributed by atoms with van der Waals surface area (Å²) in [5.41, 5.74) is -0.633. The first-order valence-corrected chi connectivity index (χ1v) is 7.23. The third-order valence-corrected chi connectivity index (χ3v) is 4.30. The minimum atomic E-state index is -0.633. The first kappa shape index (κ1) is 14.3. The second-order valence-corrected chi connectivity index (χ2v) is 5.88. The highest BCUT2D eigenvalue weighted by Gasteiger charge is 2.34. The molecule has 1 aliphatic carbocycles. The van der Waals surface area contributed by atoms with Gasteiger partial charge in [-0.3, -0.25) is 9.69 Å². The molecule has 2 rings (SSSR count). The Labute approximate surface area is 114 Å². The zero-order valence-electron chi connectivity index (χ0n) is 11.4. The lowest BCUT2D eigenvalue weighted by Gasteiger charge is -2.32. The van der Waals surface area contributed by atoms with Gasteiger partial charge in [-0.15, -0.1) is 0 Å². The summed E-state index contributed by atoms with van der Waals surface area (Å²) in [6.07, 6.45) is 5.69. The van der Waals surface area contributed by atoms with Crippen LogP contribution < -0.4 is 5.32 Å². The lowest BCUT2D eigenvalue weighted by atomic mass is 9.83. The zero-order valence-corrected chi connectivity index (χ0v) is 11.4. The molecule has 1 saturated carbocycles. The fourth-order valence-corrected chi connectivity index (χ4v) is 3.14. The average molecular weight is 265 g/mol. The first-order chi connectivity index (χ1) is 9.17. The van der Waals surface area contributed by atoms with Crippen molar-refractivity contribution in [3.8, 4) is 6.07 Å². The Morgan fingerprint density at radius 2 is 2.16 bits per heavy atom. The quantitative estimate of drug-likeness (QED) is 0.782. The molecule has 0 spiro atoms. The van der Waals surface area contributed by atoms with Crippen LogP contribution in [-0.2, 0) is 4.79 Å². The molecule has 106 valence electrons. The molecule has 0 aromatic rings. The van der Waals surface area contributed by atoms with E-state index < -0.39 is 5.54 Å². The van der Waals surface area contributed by atoms with E-state index in [1.807, 2.05) is 0 Å². The van der Waals surface area contributed by atoms with Crippen molar-refractivity contribution >= 4 is 5.91 Å². The Kier molecular flexibility index (Phi) is 4.78. The minimum absolute atomic E-state index is 0.0537. The number of hydrogen-bond donors (Lipinski definition) is 2. The van der Waals surface area contributed by atoms with Crippen molar-refractivity contribution in [2.75, 3.05) is 26.2 Å². The Balaban J connectivity index is 1.82. The van der Waals surface area contributed by atoms with E-state index in [1.54, 1.807) is 0 Å². The normalized spacial score (nSPS) is 26.8. The molecule has 1 atom stereocenters. The summed E-state index contributed by atoms with van der Waals surface area (Å²) >= 11 is 0. The molecule has 19 heavy (non-hydrogen) atoms. The smallest absolute Gasteiger partial charge is 0.235 e. The number of likely N-dealkylation sites (tertiary alicyclic amines) is 1. The molecule has 2 N–H and O–H groups in total. The maximum atomic E-state index is 12.1.